The zero-order valence-corrected chi connectivity index (χ0v) is 14.1. The molecule has 1 heterocycles. The first-order valence-corrected chi connectivity index (χ1v) is 8.44. The van der Waals surface area contributed by atoms with Crippen LogP contribution in [0.3, 0.4) is 0 Å². The molecule has 0 bridgehead atoms. The van der Waals surface area contributed by atoms with Crippen LogP contribution in [0.15, 0.2) is 29.0 Å². The van der Waals surface area contributed by atoms with Crippen molar-refractivity contribution in [3.05, 3.63) is 46.8 Å². The van der Waals surface area contributed by atoms with Gasteiger partial charge in [-0.2, -0.15) is 0 Å². The van der Waals surface area contributed by atoms with E-state index in [1.807, 2.05) is 6.26 Å². The number of benzene rings is 1. The minimum atomic E-state index is 0.447. The molecule has 0 saturated heterocycles. The molecule has 1 aromatic heterocycles. The Hall–Kier alpha value is -1.77. The number of anilines is 1. The molecule has 0 radical (unpaired) electrons. The van der Waals surface area contributed by atoms with Gasteiger partial charge in [-0.3, -0.25) is 0 Å². The van der Waals surface area contributed by atoms with E-state index >= 15 is 0 Å². The largest absolute Gasteiger partial charge is 0.368 e. The number of aryl methyl sites for hydroxylation is 2. The highest BCUT2D eigenvalue weighted by Crippen LogP contribution is 2.45. The second-order valence-corrected chi connectivity index (χ2v) is 6.34. The molecule has 0 aliphatic heterocycles. The Morgan fingerprint density at radius 1 is 1.27 bits per heavy atom. The topological polar surface area (TPSA) is 29.3 Å². The summed E-state index contributed by atoms with van der Waals surface area (Å²) in [6.45, 7) is 10.9. The molecule has 2 aromatic rings. The van der Waals surface area contributed by atoms with Gasteiger partial charge in [0.25, 0.3) is 0 Å². The van der Waals surface area contributed by atoms with Gasteiger partial charge in [0, 0.05) is 19.0 Å². The molecule has 2 unspecified atom stereocenters. The normalized spacial score (nSPS) is 20.7. The first-order chi connectivity index (χ1) is 10.7. The lowest BCUT2D eigenvalue weighted by Crippen LogP contribution is -2.25. The summed E-state index contributed by atoms with van der Waals surface area (Å²) < 4.78 is 5.36. The Morgan fingerprint density at radius 3 is 2.77 bits per heavy atom. The number of aromatic nitrogens is 1. The van der Waals surface area contributed by atoms with Crippen LogP contribution in [0.5, 0.6) is 0 Å². The zero-order valence-electron chi connectivity index (χ0n) is 14.1. The Balaban J connectivity index is 1.98. The van der Waals surface area contributed by atoms with Crippen molar-refractivity contribution in [2.45, 2.75) is 52.4 Å². The van der Waals surface area contributed by atoms with Crippen LogP contribution in [0.1, 0.15) is 61.4 Å². The third-order valence-corrected chi connectivity index (χ3v) is 5.23. The highest BCUT2D eigenvalue weighted by atomic mass is 16.5. The molecule has 3 rings (SSSR count). The maximum atomic E-state index is 5.36. The molecule has 0 spiro atoms. The van der Waals surface area contributed by atoms with Crippen LogP contribution < -0.4 is 4.90 Å². The molecule has 22 heavy (non-hydrogen) atoms. The van der Waals surface area contributed by atoms with E-state index in [-0.39, 0.29) is 0 Å². The zero-order chi connectivity index (χ0) is 15.7. The summed E-state index contributed by atoms with van der Waals surface area (Å²) in [5.74, 6) is 0.937. The van der Waals surface area contributed by atoms with Gasteiger partial charge < -0.3 is 9.42 Å². The Morgan fingerprint density at radius 2 is 2.05 bits per heavy atom. The molecule has 1 aromatic carbocycles. The lowest BCUT2D eigenvalue weighted by Gasteiger charge is -2.33. The van der Waals surface area contributed by atoms with E-state index in [0.717, 1.165) is 31.6 Å². The lowest BCUT2D eigenvalue weighted by atomic mass is 9.73. The summed E-state index contributed by atoms with van der Waals surface area (Å²) in [7, 11) is 0. The van der Waals surface area contributed by atoms with Crippen molar-refractivity contribution in [2.24, 2.45) is 0 Å². The molecule has 118 valence electrons. The molecule has 1 aliphatic carbocycles. The Labute approximate surface area is 133 Å². The van der Waals surface area contributed by atoms with Gasteiger partial charge in [-0.15, -0.1) is 0 Å². The number of rotatable bonds is 4. The SMILES string of the molecule is CCN(CC)c1conc1C1CCc2cccc(C)c2C1C. The molecular weight excluding hydrogens is 272 g/mol. The van der Waals surface area contributed by atoms with Crippen LogP contribution in [-0.4, -0.2) is 18.2 Å². The molecule has 1 aliphatic rings. The molecule has 0 amide bonds. The van der Waals surface area contributed by atoms with Crippen LogP contribution in [-0.2, 0) is 6.42 Å². The fourth-order valence-corrected chi connectivity index (χ4v) is 4.05. The van der Waals surface area contributed by atoms with E-state index in [1.54, 1.807) is 0 Å². The summed E-state index contributed by atoms with van der Waals surface area (Å²) >= 11 is 0. The van der Waals surface area contributed by atoms with Gasteiger partial charge in [0.2, 0.25) is 0 Å². The third kappa shape index (κ3) is 2.43. The van der Waals surface area contributed by atoms with Crippen LogP contribution in [0, 0.1) is 6.92 Å². The van der Waals surface area contributed by atoms with E-state index in [1.165, 1.54) is 22.4 Å². The van der Waals surface area contributed by atoms with Gasteiger partial charge in [0.1, 0.15) is 17.6 Å². The average Bonchev–Trinajstić information content (AvgIpc) is 2.98. The van der Waals surface area contributed by atoms with E-state index < -0.39 is 0 Å². The second kappa shape index (κ2) is 6.15. The molecule has 0 saturated carbocycles. The van der Waals surface area contributed by atoms with Crippen molar-refractivity contribution >= 4 is 5.69 Å². The number of hydrogen-bond acceptors (Lipinski definition) is 3. The predicted octanol–water partition coefficient (Wildman–Crippen LogP) is 4.66. The Bertz CT molecular complexity index is 643. The van der Waals surface area contributed by atoms with Crippen molar-refractivity contribution in [3.63, 3.8) is 0 Å². The minimum absolute atomic E-state index is 0.447. The summed E-state index contributed by atoms with van der Waals surface area (Å²) in [5.41, 5.74) is 6.76. The van der Waals surface area contributed by atoms with Crippen molar-refractivity contribution in [1.82, 2.24) is 5.16 Å². The molecule has 2 atom stereocenters. The first-order valence-electron chi connectivity index (χ1n) is 8.44. The van der Waals surface area contributed by atoms with Gasteiger partial charge >= 0.3 is 0 Å². The standard InChI is InChI=1S/C19H26N2O/c1-5-21(6-2)17-12-22-20-19(17)16-11-10-15-9-7-8-13(3)18(15)14(16)4/h7-9,12,14,16H,5-6,10-11H2,1-4H3. The monoisotopic (exact) mass is 298 g/mol. The lowest BCUT2D eigenvalue weighted by molar-refractivity contribution is 0.389. The molecule has 3 nitrogen and oxygen atoms in total. The number of hydrogen-bond donors (Lipinski definition) is 0. The number of nitrogens with zero attached hydrogens (tertiary/aromatic N) is 2. The van der Waals surface area contributed by atoms with Crippen molar-refractivity contribution < 1.29 is 4.52 Å². The minimum Gasteiger partial charge on any atom is -0.368 e. The van der Waals surface area contributed by atoms with Crippen molar-refractivity contribution in [1.29, 1.82) is 0 Å². The molecular formula is C19H26N2O. The highest BCUT2D eigenvalue weighted by molar-refractivity contribution is 5.52. The van der Waals surface area contributed by atoms with E-state index in [4.69, 9.17) is 4.52 Å². The molecule has 0 N–H and O–H groups in total. The van der Waals surface area contributed by atoms with Crippen LogP contribution >= 0.6 is 0 Å². The highest BCUT2D eigenvalue weighted by Gasteiger charge is 2.32. The quantitative estimate of drug-likeness (QED) is 0.822. The van der Waals surface area contributed by atoms with Crippen LogP contribution in [0.2, 0.25) is 0 Å². The van der Waals surface area contributed by atoms with Gasteiger partial charge in [-0.05, 0) is 56.2 Å². The van der Waals surface area contributed by atoms with Gasteiger partial charge in [-0.25, -0.2) is 0 Å². The van der Waals surface area contributed by atoms with Crippen LogP contribution in [0.4, 0.5) is 5.69 Å². The van der Waals surface area contributed by atoms with Crippen LogP contribution in [0.25, 0.3) is 0 Å². The maximum Gasteiger partial charge on any atom is 0.147 e. The van der Waals surface area contributed by atoms with E-state index in [9.17, 15) is 0 Å². The fourth-order valence-electron chi connectivity index (χ4n) is 4.05. The summed E-state index contributed by atoms with van der Waals surface area (Å²) in [5, 5.41) is 4.39. The Kier molecular flexibility index (Phi) is 4.23. The third-order valence-electron chi connectivity index (χ3n) is 5.23. The van der Waals surface area contributed by atoms with E-state index in [0.29, 0.717) is 11.8 Å². The second-order valence-electron chi connectivity index (χ2n) is 6.34. The first kappa shape index (κ1) is 15.1. The van der Waals surface area contributed by atoms with Crippen molar-refractivity contribution in [3.8, 4) is 0 Å². The molecule has 3 heteroatoms. The maximum absolute atomic E-state index is 5.36. The fraction of sp³-hybridized carbons (Fsp3) is 0.526. The molecule has 0 fully saturated rings. The summed E-state index contributed by atoms with van der Waals surface area (Å²) in [4.78, 5) is 2.34. The van der Waals surface area contributed by atoms with Gasteiger partial charge in [0.05, 0.1) is 0 Å². The number of fused-ring (bicyclic) bond motifs is 1. The average molecular weight is 298 g/mol. The smallest absolute Gasteiger partial charge is 0.147 e. The van der Waals surface area contributed by atoms with Gasteiger partial charge in [-0.1, -0.05) is 30.3 Å². The van der Waals surface area contributed by atoms with E-state index in [2.05, 4.69) is 56.0 Å². The summed E-state index contributed by atoms with van der Waals surface area (Å²) in [6.07, 6.45) is 4.11. The summed E-state index contributed by atoms with van der Waals surface area (Å²) in [6, 6.07) is 6.69. The van der Waals surface area contributed by atoms with Crippen molar-refractivity contribution in [2.75, 3.05) is 18.0 Å². The predicted molar refractivity (Wildman–Crippen MR) is 90.7 cm³/mol. The van der Waals surface area contributed by atoms with Gasteiger partial charge in [0.15, 0.2) is 0 Å².